The molecule has 0 saturated carbocycles. The van der Waals surface area contributed by atoms with E-state index in [0.717, 1.165) is 15.1 Å². The van der Waals surface area contributed by atoms with Crippen LogP contribution in [0.15, 0.2) is 57.9 Å². The first kappa shape index (κ1) is 15.4. The number of rotatable bonds is 4. The largest absolute Gasteiger partial charge is 0.325 e. The van der Waals surface area contributed by atoms with Crippen molar-refractivity contribution in [2.24, 2.45) is 0 Å². The number of carbonyl (C=O) groups is 1. The first-order chi connectivity index (χ1) is 9.54. The van der Waals surface area contributed by atoms with Crippen molar-refractivity contribution in [2.75, 3.05) is 5.32 Å². The van der Waals surface area contributed by atoms with Gasteiger partial charge in [-0.3, -0.25) is 4.79 Å². The lowest BCUT2D eigenvalue weighted by Crippen LogP contribution is -2.22. The monoisotopic (exact) mass is 369 g/mol. The Kier molecular flexibility index (Phi) is 5.52. The van der Waals surface area contributed by atoms with Crippen LogP contribution in [0.3, 0.4) is 0 Å². The molecule has 104 valence electrons. The number of benzene rings is 2. The molecule has 0 saturated heterocycles. The number of nitrogens with one attached hydrogen (secondary N) is 1. The van der Waals surface area contributed by atoms with E-state index in [1.54, 1.807) is 24.3 Å². The van der Waals surface area contributed by atoms with Crippen molar-refractivity contribution in [1.29, 1.82) is 0 Å². The zero-order valence-corrected chi connectivity index (χ0v) is 13.9. The van der Waals surface area contributed by atoms with Gasteiger partial charge in [0, 0.05) is 20.1 Å². The van der Waals surface area contributed by atoms with Gasteiger partial charge in [-0.25, -0.2) is 0 Å². The van der Waals surface area contributed by atoms with Gasteiger partial charge in [-0.1, -0.05) is 27.5 Å². The lowest BCUT2D eigenvalue weighted by molar-refractivity contribution is -0.115. The Labute approximate surface area is 136 Å². The maximum absolute atomic E-state index is 12.1. The van der Waals surface area contributed by atoms with E-state index in [4.69, 9.17) is 11.6 Å². The Balaban J connectivity index is 1.94. The Morgan fingerprint density at radius 3 is 2.35 bits per heavy atom. The Hall–Kier alpha value is -0.970. The zero-order chi connectivity index (χ0) is 14.5. The standard InChI is InChI=1S/C15H13BrClNOS/c1-10(20-14-8-2-11(16)3-9-14)15(19)18-13-6-4-12(17)5-7-13/h2-10H,1H3,(H,18,19)/t10-/m0/s1. The summed E-state index contributed by atoms with van der Waals surface area (Å²) in [5.41, 5.74) is 0.752. The summed E-state index contributed by atoms with van der Waals surface area (Å²) in [4.78, 5) is 13.2. The lowest BCUT2D eigenvalue weighted by atomic mass is 10.3. The highest BCUT2D eigenvalue weighted by molar-refractivity contribution is 9.10. The molecule has 0 spiro atoms. The fraction of sp³-hybridized carbons (Fsp3) is 0.133. The fourth-order valence-corrected chi connectivity index (χ4v) is 2.81. The van der Waals surface area contributed by atoms with Crippen LogP contribution in [0, 0.1) is 0 Å². The van der Waals surface area contributed by atoms with Gasteiger partial charge in [0.1, 0.15) is 0 Å². The number of halogens is 2. The highest BCUT2D eigenvalue weighted by Gasteiger charge is 2.14. The second-order valence-electron chi connectivity index (χ2n) is 4.21. The molecule has 1 amide bonds. The second kappa shape index (κ2) is 7.16. The van der Waals surface area contributed by atoms with Crippen LogP contribution in [0.2, 0.25) is 5.02 Å². The molecular weight excluding hydrogens is 358 g/mol. The molecular formula is C15H13BrClNOS. The topological polar surface area (TPSA) is 29.1 Å². The van der Waals surface area contributed by atoms with Gasteiger partial charge in [-0.15, -0.1) is 11.8 Å². The van der Waals surface area contributed by atoms with Crippen LogP contribution in [0.5, 0.6) is 0 Å². The highest BCUT2D eigenvalue weighted by Crippen LogP contribution is 2.25. The third kappa shape index (κ3) is 4.54. The van der Waals surface area contributed by atoms with E-state index in [2.05, 4.69) is 21.2 Å². The van der Waals surface area contributed by atoms with Crippen molar-refractivity contribution < 1.29 is 4.79 Å². The molecule has 0 heterocycles. The summed E-state index contributed by atoms with van der Waals surface area (Å²) in [6.45, 7) is 1.89. The maximum atomic E-state index is 12.1. The van der Waals surface area contributed by atoms with Crippen molar-refractivity contribution >= 4 is 50.9 Å². The smallest absolute Gasteiger partial charge is 0.237 e. The van der Waals surface area contributed by atoms with E-state index in [1.165, 1.54) is 11.8 Å². The molecule has 2 aromatic carbocycles. The van der Waals surface area contributed by atoms with Crippen LogP contribution >= 0.6 is 39.3 Å². The number of thioether (sulfide) groups is 1. The minimum Gasteiger partial charge on any atom is -0.325 e. The second-order valence-corrected chi connectivity index (χ2v) is 6.98. The zero-order valence-electron chi connectivity index (χ0n) is 10.8. The summed E-state index contributed by atoms with van der Waals surface area (Å²) >= 11 is 10.7. The van der Waals surface area contributed by atoms with Crippen LogP contribution in [0.4, 0.5) is 5.69 Å². The van der Waals surface area contributed by atoms with Gasteiger partial charge in [0.25, 0.3) is 0 Å². The summed E-state index contributed by atoms with van der Waals surface area (Å²) in [6, 6.07) is 15.0. The minimum absolute atomic E-state index is 0.0276. The molecule has 2 rings (SSSR count). The SMILES string of the molecule is C[C@H](Sc1ccc(Br)cc1)C(=O)Nc1ccc(Cl)cc1. The first-order valence-electron chi connectivity index (χ1n) is 6.03. The molecule has 1 atom stereocenters. The Morgan fingerprint density at radius 2 is 1.75 bits per heavy atom. The lowest BCUT2D eigenvalue weighted by Gasteiger charge is -2.12. The van der Waals surface area contributed by atoms with Crippen LogP contribution in [-0.2, 0) is 4.79 Å². The molecule has 0 aliphatic carbocycles. The maximum Gasteiger partial charge on any atom is 0.237 e. The summed E-state index contributed by atoms with van der Waals surface area (Å²) < 4.78 is 1.03. The van der Waals surface area contributed by atoms with Gasteiger partial charge in [0.05, 0.1) is 5.25 Å². The van der Waals surface area contributed by atoms with E-state index in [1.807, 2.05) is 31.2 Å². The number of hydrogen-bond donors (Lipinski definition) is 1. The Bertz CT molecular complexity index is 586. The molecule has 0 bridgehead atoms. The molecule has 20 heavy (non-hydrogen) atoms. The third-order valence-electron chi connectivity index (χ3n) is 2.61. The van der Waals surface area contributed by atoms with Crippen molar-refractivity contribution in [3.05, 3.63) is 58.0 Å². The van der Waals surface area contributed by atoms with E-state index >= 15 is 0 Å². The molecule has 0 aromatic heterocycles. The summed E-state index contributed by atoms with van der Waals surface area (Å²) in [5, 5.41) is 3.35. The van der Waals surface area contributed by atoms with Gasteiger partial charge < -0.3 is 5.32 Å². The molecule has 0 fully saturated rings. The quantitative estimate of drug-likeness (QED) is 0.747. The molecule has 2 aromatic rings. The molecule has 0 aliphatic heterocycles. The first-order valence-corrected chi connectivity index (χ1v) is 8.08. The van der Waals surface area contributed by atoms with Crippen LogP contribution in [0.1, 0.15) is 6.92 Å². The molecule has 5 heteroatoms. The van der Waals surface area contributed by atoms with E-state index in [9.17, 15) is 4.79 Å². The minimum atomic E-state index is -0.174. The van der Waals surface area contributed by atoms with Gasteiger partial charge >= 0.3 is 0 Å². The van der Waals surface area contributed by atoms with E-state index in [0.29, 0.717) is 5.02 Å². The summed E-state index contributed by atoms with van der Waals surface area (Å²) in [5.74, 6) is -0.0276. The number of amides is 1. The molecule has 0 unspecified atom stereocenters. The van der Waals surface area contributed by atoms with Crippen LogP contribution in [0.25, 0.3) is 0 Å². The van der Waals surface area contributed by atoms with Crippen LogP contribution < -0.4 is 5.32 Å². The summed E-state index contributed by atoms with van der Waals surface area (Å²) in [7, 11) is 0. The number of anilines is 1. The van der Waals surface area contributed by atoms with Crippen molar-refractivity contribution in [2.45, 2.75) is 17.1 Å². The average Bonchev–Trinajstić information content (AvgIpc) is 2.44. The van der Waals surface area contributed by atoms with Crippen molar-refractivity contribution in [3.8, 4) is 0 Å². The van der Waals surface area contributed by atoms with Crippen molar-refractivity contribution in [3.63, 3.8) is 0 Å². The number of carbonyl (C=O) groups excluding carboxylic acids is 1. The highest BCUT2D eigenvalue weighted by atomic mass is 79.9. The summed E-state index contributed by atoms with van der Waals surface area (Å²) in [6.07, 6.45) is 0. The van der Waals surface area contributed by atoms with Crippen LogP contribution in [-0.4, -0.2) is 11.2 Å². The molecule has 2 nitrogen and oxygen atoms in total. The number of hydrogen-bond acceptors (Lipinski definition) is 2. The Morgan fingerprint density at radius 1 is 1.15 bits per heavy atom. The van der Waals surface area contributed by atoms with Gasteiger partial charge in [0.2, 0.25) is 5.91 Å². The van der Waals surface area contributed by atoms with Gasteiger partial charge in [-0.2, -0.15) is 0 Å². The van der Waals surface area contributed by atoms with E-state index < -0.39 is 0 Å². The predicted molar refractivity (Wildman–Crippen MR) is 89.5 cm³/mol. The van der Waals surface area contributed by atoms with Gasteiger partial charge in [-0.05, 0) is 55.5 Å². The average molecular weight is 371 g/mol. The van der Waals surface area contributed by atoms with Crippen molar-refractivity contribution in [1.82, 2.24) is 0 Å². The predicted octanol–water partition coefficient (Wildman–Crippen LogP) is 5.22. The van der Waals surface area contributed by atoms with Gasteiger partial charge in [0.15, 0.2) is 0 Å². The third-order valence-corrected chi connectivity index (χ3v) is 4.50. The fourth-order valence-electron chi connectivity index (χ4n) is 1.55. The molecule has 1 N–H and O–H groups in total. The van der Waals surface area contributed by atoms with E-state index in [-0.39, 0.29) is 11.2 Å². The molecule has 0 aliphatic rings. The molecule has 0 radical (unpaired) electrons. The normalized spacial score (nSPS) is 11.9.